The van der Waals surface area contributed by atoms with Gasteiger partial charge in [0, 0.05) is 10.6 Å². The van der Waals surface area contributed by atoms with Crippen LogP contribution in [0.5, 0.6) is 5.75 Å². The zero-order valence-electron chi connectivity index (χ0n) is 18.1. The fourth-order valence-electron chi connectivity index (χ4n) is 2.88. The van der Waals surface area contributed by atoms with Gasteiger partial charge >= 0.3 is 5.97 Å². The Hall–Kier alpha value is -3.37. The van der Waals surface area contributed by atoms with Crippen LogP contribution in [0.1, 0.15) is 35.1 Å². The molecule has 1 amide bonds. The predicted octanol–water partition coefficient (Wildman–Crippen LogP) is 3.98. The minimum atomic E-state index is -3.80. The van der Waals surface area contributed by atoms with E-state index in [2.05, 4.69) is 10.0 Å². The third-order valence-corrected chi connectivity index (χ3v) is 6.95. The van der Waals surface area contributed by atoms with Gasteiger partial charge in [0.05, 0.1) is 23.1 Å². The van der Waals surface area contributed by atoms with E-state index < -0.39 is 28.5 Å². The van der Waals surface area contributed by atoms with E-state index in [0.29, 0.717) is 12.4 Å². The van der Waals surface area contributed by atoms with Crippen LogP contribution >= 0.6 is 11.3 Å². The molecular weight excluding hydrogens is 464 g/mol. The Morgan fingerprint density at radius 1 is 1.03 bits per heavy atom. The van der Waals surface area contributed by atoms with Crippen LogP contribution in [0.15, 0.2) is 70.9 Å². The average molecular weight is 489 g/mol. The fourth-order valence-corrected chi connectivity index (χ4v) is 4.67. The molecule has 1 aromatic heterocycles. The van der Waals surface area contributed by atoms with Gasteiger partial charge < -0.3 is 14.8 Å². The second-order valence-corrected chi connectivity index (χ2v) is 9.63. The molecule has 0 aliphatic carbocycles. The highest BCUT2D eigenvalue weighted by Gasteiger charge is 2.16. The Kier molecular flexibility index (Phi) is 8.07. The number of carbonyl (C=O) groups is 2. The lowest BCUT2D eigenvalue weighted by Crippen LogP contribution is -2.30. The molecule has 33 heavy (non-hydrogen) atoms. The number of sulfonamides is 1. The monoisotopic (exact) mass is 488 g/mol. The molecule has 2 N–H and O–H groups in total. The molecule has 10 heteroatoms. The largest absolute Gasteiger partial charge is 0.494 e. The standard InChI is InChI=1S/C23H24N2O6S2/c1-3-30-19-10-12-20(13-11-19)33(28,29)25-18-8-6-17(7-9-18)23(27)31-15-22(26)24-16(2)21-5-4-14-32-21/h4-14,16,25H,3,15H2,1-2H3,(H,24,26)/t16-/m0/s1. The summed E-state index contributed by atoms with van der Waals surface area (Å²) in [5, 5.41) is 4.68. The summed E-state index contributed by atoms with van der Waals surface area (Å²) < 4.78 is 37.9. The van der Waals surface area contributed by atoms with E-state index in [1.807, 2.05) is 31.4 Å². The van der Waals surface area contributed by atoms with Gasteiger partial charge in [0.15, 0.2) is 6.61 Å². The van der Waals surface area contributed by atoms with Crippen molar-refractivity contribution in [3.05, 3.63) is 76.5 Å². The van der Waals surface area contributed by atoms with Crippen molar-refractivity contribution in [1.29, 1.82) is 0 Å². The molecule has 0 saturated carbocycles. The number of carbonyl (C=O) groups excluding carboxylic acids is 2. The Bertz CT molecular complexity index is 1170. The molecular formula is C23H24N2O6S2. The molecule has 0 aliphatic rings. The first-order chi connectivity index (χ1) is 15.8. The number of hydrogen-bond donors (Lipinski definition) is 2. The Labute approximate surface area is 196 Å². The van der Waals surface area contributed by atoms with E-state index in [0.717, 1.165) is 4.88 Å². The first-order valence-electron chi connectivity index (χ1n) is 10.1. The molecule has 3 aromatic rings. The highest BCUT2D eigenvalue weighted by Crippen LogP contribution is 2.20. The molecule has 8 nitrogen and oxygen atoms in total. The molecule has 3 rings (SSSR count). The molecule has 2 aromatic carbocycles. The number of ether oxygens (including phenoxy) is 2. The number of benzene rings is 2. The molecule has 1 atom stereocenters. The Balaban J connectivity index is 1.53. The molecule has 0 saturated heterocycles. The average Bonchev–Trinajstić information content (AvgIpc) is 3.34. The predicted molar refractivity (Wildman–Crippen MR) is 126 cm³/mol. The lowest BCUT2D eigenvalue weighted by atomic mass is 10.2. The van der Waals surface area contributed by atoms with Crippen molar-refractivity contribution in [1.82, 2.24) is 5.32 Å². The molecule has 0 unspecified atom stereocenters. The molecule has 0 bridgehead atoms. The molecule has 0 fully saturated rings. The summed E-state index contributed by atoms with van der Waals surface area (Å²) in [6.07, 6.45) is 0. The first kappa shape index (κ1) is 24.3. The summed E-state index contributed by atoms with van der Waals surface area (Å²) in [4.78, 5) is 25.3. The normalized spacial score (nSPS) is 11.9. The number of esters is 1. The van der Waals surface area contributed by atoms with Gasteiger partial charge in [-0.3, -0.25) is 9.52 Å². The van der Waals surface area contributed by atoms with Gasteiger partial charge in [-0.2, -0.15) is 0 Å². The summed E-state index contributed by atoms with van der Waals surface area (Å²) >= 11 is 1.52. The lowest BCUT2D eigenvalue weighted by Gasteiger charge is -2.12. The number of anilines is 1. The minimum Gasteiger partial charge on any atom is -0.494 e. The van der Waals surface area contributed by atoms with E-state index in [1.54, 1.807) is 12.1 Å². The van der Waals surface area contributed by atoms with Crippen LogP contribution in [0, 0.1) is 0 Å². The topological polar surface area (TPSA) is 111 Å². The van der Waals surface area contributed by atoms with Crippen LogP contribution in [-0.2, 0) is 19.6 Å². The number of hydrogen-bond acceptors (Lipinski definition) is 7. The van der Waals surface area contributed by atoms with Crippen molar-refractivity contribution in [3.8, 4) is 5.75 Å². The number of amides is 1. The van der Waals surface area contributed by atoms with Crippen LogP contribution in [0.2, 0.25) is 0 Å². The summed E-state index contributed by atoms with van der Waals surface area (Å²) in [5.74, 6) is -0.521. The zero-order chi connectivity index (χ0) is 23.8. The van der Waals surface area contributed by atoms with Crippen LogP contribution in [0.25, 0.3) is 0 Å². The van der Waals surface area contributed by atoms with Gasteiger partial charge in [-0.1, -0.05) is 6.07 Å². The van der Waals surface area contributed by atoms with Gasteiger partial charge in [-0.15, -0.1) is 11.3 Å². The Morgan fingerprint density at radius 3 is 2.33 bits per heavy atom. The van der Waals surface area contributed by atoms with E-state index in [9.17, 15) is 18.0 Å². The van der Waals surface area contributed by atoms with Crippen molar-refractivity contribution in [2.45, 2.75) is 24.8 Å². The highest BCUT2D eigenvalue weighted by atomic mass is 32.2. The van der Waals surface area contributed by atoms with Gasteiger partial charge in [-0.05, 0) is 73.8 Å². The second kappa shape index (κ2) is 11.0. The summed E-state index contributed by atoms with van der Waals surface area (Å²) in [7, 11) is -3.80. The molecule has 174 valence electrons. The quantitative estimate of drug-likeness (QED) is 0.418. The van der Waals surface area contributed by atoms with Gasteiger partial charge in [-0.25, -0.2) is 13.2 Å². The van der Waals surface area contributed by atoms with Gasteiger partial charge in [0.25, 0.3) is 15.9 Å². The van der Waals surface area contributed by atoms with Crippen molar-refractivity contribution >= 4 is 38.9 Å². The number of rotatable bonds is 10. The van der Waals surface area contributed by atoms with Crippen LogP contribution in [-0.4, -0.2) is 33.5 Å². The molecule has 1 heterocycles. The van der Waals surface area contributed by atoms with Crippen LogP contribution in [0.4, 0.5) is 5.69 Å². The number of nitrogens with one attached hydrogen (secondary N) is 2. The maximum absolute atomic E-state index is 12.6. The lowest BCUT2D eigenvalue weighted by molar-refractivity contribution is -0.124. The minimum absolute atomic E-state index is 0.0808. The summed E-state index contributed by atoms with van der Waals surface area (Å²) in [6.45, 7) is 3.75. The van der Waals surface area contributed by atoms with E-state index >= 15 is 0 Å². The molecule has 0 aliphatic heterocycles. The van der Waals surface area contributed by atoms with E-state index in [-0.39, 0.29) is 22.2 Å². The van der Waals surface area contributed by atoms with Crippen molar-refractivity contribution in [2.24, 2.45) is 0 Å². The Morgan fingerprint density at radius 2 is 1.73 bits per heavy atom. The van der Waals surface area contributed by atoms with E-state index in [4.69, 9.17) is 9.47 Å². The van der Waals surface area contributed by atoms with Gasteiger partial charge in [0.1, 0.15) is 5.75 Å². The maximum atomic E-state index is 12.6. The maximum Gasteiger partial charge on any atom is 0.338 e. The third kappa shape index (κ3) is 6.80. The second-order valence-electron chi connectivity index (χ2n) is 6.97. The summed E-state index contributed by atoms with van der Waals surface area (Å²) in [6, 6.07) is 15.4. The molecule has 0 spiro atoms. The SMILES string of the molecule is CCOc1ccc(S(=O)(=O)Nc2ccc(C(=O)OCC(=O)N[C@@H](C)c3cccs3)cc2)cc1. The number of thiophene rings is 1. The van der Waals surface area contributed by atoms with Gasteiger partial charge in [0.2, 0.25) is 0 Å². The van der Waals surface area contributed by atoms with E-state index in [1.165, 1.54) is 47.7 Å². The summed E-state index contributed by atoms with van der Waals surface area (Å²) in [5.41, 5.74) is 0.473. The van der Waals surface area contributed by atoms with Crippen LogP contribution < -0.4 is 14.8 Å². The smallest absolute Gasteiger partial charge is 0.338 e. The van der Waals surface area contributed by atoms with Crippen molar-refractivity contribution < 1.29 is 27.5 Å². The third-order valence-electron chi connectivity index (χ3n) is 4.50. The van der Waals surface area contributed by atoms with Crippen LogP contribution in [0.3, 0.4) is 0 Å². The first-order valence-corrected chi connectivity index (χ1v) is 12.5. The highest BCUT2D eigenvalue weighted by molar-refractivity contribution is 7.92. The fraction of sp³-hybridized carbons (Fsp3) is 0.217. The molecule has 0 radical (unpaired) electrons. The van der Waals surface area contributed by atoms with Crippen molar-refractivity contribution in [2.75, 3.05) is 17.9 Å². The van der Waals surface area contributed by atoms with Crippen molar-refractivity contribution in [3.63, 3.8) is 0 Å². The zero-order valence-corrected chi connectivity index (χ0v) is 19.7.